The lowest BCUT2D eigenvalue weighted by Gasteiger charge is -2.24. The molecular formula is C13H14BrFN2S. The highest BCUT2D eigenvalue weighted by Crippen LogP contribution is 2.24. The van der Waals surface area contributed by atoms with E-state index in [0.717, 1.165) is 15.0 Å². The number of aromatic nitrogens is 1. The van der Waals surface area contributed by atoms with Gasteiger partial charge in [0, 0.05) is 22.6 Å². The minimum atomic E-state index is -0.222. The minimum Gasteiger partial charge on any atom is -0.302 e. The summed E-state index contributed by atoms with van der Waals surface area (Å²) in [5.74, 6) is -0.220. The molecule has 0 aliphatic heterocycles. The van der Waals surface area contributed by atoms with Gasteiger partial charge in [-0.2, -0.15) is 0 Å². The third kappa shape index (κ3) is 3.16. The van der Waals surface area contributed by atoms with Crippen LogP contribution in [0.3, 0.4) is 0 Å². The van der Waals surface area contributed by atoms with E-state index in [1.165, 1.54) is 12.1 Å². The number of benzene rings is 1. The largest absolute Gasteiger partial charge is 0.302 e. The number of rotatable bonds is 4. The summed E-state index contributed by atoms with van der Waals surface area (Å²) in [6.07, 6.45) is 1.79. The molecule has 0 amide bonds. The van der Waals surface area contributed by atoms with Crippen LogP contribution in [-0.4, -0.2) is 4.98 Å². The van der Waals surface area contributed by atoms with Crippen LogP contribution in [-0.2, 0) is 12.1 Å². The Morgan fingerprint density at radius 3 is 2.89 bits per heavy atom. The van der Waals surface area contributed by atoms with Gasteiger partial charge in [-0.1, -0.05) is 15.9 Å². The molecule has 0 unspecified atom stereocenters. The minimum absolute atomic E-state index is 0.220. The summed E-state index contributed by atoms with van der Waals surface area (Å²) >= 11 is 5.04. The molecule has 5 heteroatoms. The van der Waals surface area contributed by atoms with Crippen LogP contribution in [0.4, 0.5) is 4.39 Å². The van der Waals surface area contributed by atoms with Gasteiger partial charge in [0.05, 0.1) is 5.54 Å². The Balaban J connectivity index is 2.09. The van der Waals surface area contributed by atoms with Gasteiger partial charge in [-0.25, -0.2) is 9.37 Å². The van der Waals surface area contributed by atoms with Gasteiger partial charge in [0.15, 0.2) is 0 Å². The normalized spacial score (nSPS) is 11.8. The Bertz CT molecular complexity index is 526. The fraction of sp³-hybridized carbons (Fsp3) is 0.308. The first-order chi connectivity index (χ1) is 8.49. The molecule has 0 aliphatic rings. The summed E-state index contributed by atoms with van der Waals surface area (Å²) in [6.45, 7) is 4.73. The quantitative estimate of drug-likeness (QED) is 0.915. The van der Waals surface area contributed by atoms with E-state index in [2.05, 4.69) is 40.1 Å². The van der Waals surface area contributed by atoms with Crippen molar-refractivity contribution in [2.24, 2.45) is 0 Å². The summed E-state index contributed by atoms with van der Waals surface area (Å²) in [7, 11) is 0. The predicted octanol–water partition coefficient (Wildman–Crippen LogP) is 4.07. The number of hydrogen-bond donors (Lipinski definition) is 1. The van der Waals surface area contributed by atoms with Gasteiger partial charge in [0.2, 0.25) is 0 Å². The first-order valence-electron chi connectivity index (χ1n) is 5.58. The highest BCUT2D eigenvalue weighted by Gasteiger charge is 2.22. The molecule has 1 aromatic carbocycles. The molecule has 2 rings (SSSR count). The van der Waals surface area contributed by atoms with Crippen LogP contribution in [0.15, 0.2) is 34.2 Å². The van der Waals surface area contributed by atoms with E-state index in [1.807, 2.05) is 5.38 Å². The van der Waals surface area contributed by atoms with Crippen molar-refractivity contribution in [3.8, 4) is 0 Å². The van der Waals surface area contributed by atoms with Gasteiger partial charge in [0.25, 0.3) is 0 Å². The second-order valence-corrected chi connectivity index (χ2v) is 6.30. The van der Waals surface area contributed by atoms with Crippen molar-refractivity contribution < 1.29 is 4.39 Å². The number of nitrogens with one attached hydrogen (secondary N) is 1. The molecule has 0 spiro atoms. The zero-order valence-corrected chi connectivity index (χ0v) is 12.6. The lowest BCUT2D eigenvalue weighted by atomic mass is 10.1. The molecule has 0 bridgehead atoms. The fourth-order valence-electron chi connectivity index (χ4n) is 1.60. The summed E-state index contributed by atoms with van der Waals surface area (Å²) in [5.41, 5.74) is 0.680. The van der Waals surface area contributed by atoms with Crippen molar-refractivity contribution >= 4 is 27.3 Å². The topological polar surface area (TPSA) is 24.9 Å². The molecule has 18 heavy (non-hydrogen) atoms. The zero-order chi connectivity index (χ0) is 13.2. The fourth-order valence-corrected chi connectivity index (χ4v) is 2.73. The van der Waals surface area contributed by atoms with Gasteiger partial charge in [-0.15, -0.1) is 11.3 Å². The molecule has 0 radical (unpaired) electrons. The lowest BCUT2D eigenvalue weighted by Crippen LogP contribution is -2.35. The number of nitrogens with zero attached hydrogens (tertiary/aromatic N) is 1. The maximum absolute atomic E-state index is 13.2. The third-order valence-corrected chi connectivity index (χ3v) is 4.57. The van der Waals surface area contributed by atoms with E-state index < -0.39 is 0 Å². The Kier molecular flexibility index (Phi) is 4.14. The monoisotopic (exact) mass is 328 g/mol. The van der Waals surface area contributed by atoms with Gasteiger partial charge in [-0.3, -0.25) is 0 Å². The molecule has 0 saturated carbocycles. The second-order valence-electron chi connectivity index (χ2n) is 4.55. The summed E-state index contributed by atoms with van der Waals surface area (Å²) in [6, 6.07) is 4.71. The first-order valence-corrected chi connectivity index (χ1v) is 7.25. The molecule has 1 heterocycles. The van der Waals surface area contributed by atoms with Crippen LogP contribution in [0, 0.1) is 5.82 Å². The highest BCUT2D eigenvalue weighted by atomic mass is 79.9. The molecule has 0 saturated heterocycles. The van der Waals surface area contributed by atoms with E-state index in [-0.39, 0.29) is 11.4 Å². The Morgan fingerprint density at radius 1 is 1.44 bits per heavy atom. The first kappa shape index (κ1) is 13.6. The zero-order valence-electron chi connectivity index (χ0n) is 10.2. The van der Waals surface area contributed by atoms with Crippen LogP contribution < -0.4 is 5.32 Å². The van der Waals surface area contributed by atoms with Gasteiger partial charge in [-0.05, 0) is 37.6 Å². The van der Waals surface area contributed by atoms with E-state index >= 15 is 0 Å². The van der Waals surface area contributed by atoms with Crippen LogP contribution in [0.5, 0.6) is 0 Å². The Morgan fingerprint density at radius 2 is 2.22 bits per heavy atom. The smallest absolute Gasteiger partial charge is 0.123 e. The Hall–Kier alpha value is -0.780. The van der Waals surface area contributed by atoms with E-state index in [4.69, 9.17) is 0 Å². The van der Waals surface area contributed by atoms with E-state index in [0.29, 0.717) is 6.54 Å². The lowest BCUT2D eigenvalue weighted by molar-refractivity contribution is 0.398. The molecule has 1 N–H and O–H groups in total. The van der Waals surface area contributed by atoms with Crippen LogP contribution in [0.1, 0.15) is 24.4 Å². The molecule has 0 aliphatic carbocycles. The summed E-state index contributed by atoms with van der Waals surface area (Å²) in [4.78, 5) is 4.31. The Labute approximate surface area is 118 Å². The van der Waals surface area contributed by atoms with Crippen LogP contribution in [0.2, 0.25) is 0 Å². The van der Waals surface area contributed by atoms with Crippen molar-refractivity contribution in [1.29, 1.82) is 0 Å². The maximum atomic E-state index is 13.2. The molecule has 2 aromatic rings. The number of halogens is 2. The maximum Gasteiger partial charge on any atom is 0.123 e. The summed E-state index contributed by atoms with van der Waals surface area (Å²) < 4.78 is 14.1. The van der Waals surface area contributed by atoms with E-state index in [1.54, 1.807) is 23.6 Å². The third-order valence-electron chi connectivity index (χ3n) is 2.70. The second kappa shape index (κ2) is 5.47. The van der Waals surface area contributed by atoms with Gasteiger partial charge >= 0.3 is 0 Å². The predicted molar refractivity (Wildman–Crippen MR) is 76.1 cm³/mol. The SMILES string of the molecule is CC(C)(NCc1cc(F)ccc1Br)c1nccs1. The highest BCUT2D eigenvalue weighted by molar-refractivity contribution is 9.10. The van der Waals surface area contributed by atoms with Gasteiger partial charge in [0.1, 0.15) is 10.8 Å². The molecule has 1 aromatic heterocycles. The average Bonchev–Trinajstić information content (AvgIpc) is 2.85. The van der Waals surface area contributed by atoms with Crippen molar-refractivity contribution in [2.75, 3.05) is 0 Å². The van der Waals surface area contributed by atoms with Crippen LogP contribution >= 0.6 is 27.3 Å². The number of hydrogen-bond acceptors (Lipinski definition) is 3. The molecule has 96 valence electrons. The van der Waals surface area contributed by atoms with Crippen LogP contribution in [0.25, 0.3) is 0 Å². The van der Waals surface area contributed by atoms with Crippen molar-refractivity contribution in [2.45, 2.75) is 25.9 Å². The standard InChI is InChI=1S/C13H14BrFN2S/c1-13(2,12-16-5-6-18-12)17-8-9-7-10(15)3-4-11(9)14/h3-7,17H,8H2,1-2H3. The van der Waals surface area contributed by atoms with Crippen molar-refractivity contribution in [3.05, 3.63) is 50.6 Å². The molecular weight excluding hydrogens is 315 g/mol. The van der Waals surface area contributed by atoms with Crippen molar-refractivity contribution in [1.82, 2.24) is 10.3 Å². The van der Waals surface area contributed by atoms with E-state index in [9.17, 15) is 4.39 Å². The summed E-state index contributed by atoms with van der Waals surface area (Å²) in [5, 5.41) is 6.38. The average molecular weight is 329 g/mol. The molecule has 2 nitrogen and oxygen atoms in total. The molecule has 0 atom stereocenters. The molecule has 0 fully saturated rings. The number of thiazole rings is 1. The van der Waals surface area contributed by atoms with Crippen molar-refractivity contribution in [3.63, 3.8) is 0 Å². The van der Waals surface area contributed by atoms with Gasteiger partial charge < -0.3 is 5.32 Å².